The summed E-state index contributed by atoms with van der Waals surface area (Å²) in [5.41, 5.74) is 1.07. The number of carboxylic acid groups (broad SMARTS) is 1. The smallest absolute Gasteiger partial charge is 0.309 e. The molecule has 1 aromatic rings. The maximum Gasteiger partial charge on any atom is 0.309 e. The summed E-state index contributed by atoms with van der Waals surface area (Å²) in [6.45, 7) is 4.41. The van der Waals surface area contributed by atoms with Gasteiger partial charge in [0.2, 0.25) is 0 Å². The third-order valence-corrected chi connectivity index (χ3v) is 3.88. The molecule has 0 radical (unpaired) electrons. The van der Waals surface area contributed by atoms with Gasteiger partial charge in [0.05, 0.1) is 24.1 Å². The predicted octanol–water partition coefficient (Wildman–Crippen LogP) is 2.37. The lowest BCUT2D eigenvalue weighted by molar-refractivity contribution is -0.147. The molecule has 0 aromatic heterocycles. The fourth-order valence-corrected chi connectivity index (χ4v) is 2.87. The Morgan fingerprint density at radius 2 is 2.20 bits per heavy atom. The summed E-state index contributed by atoms with van der Waals surface area (Å²) >= 11 is 3.49. The zero-order chi connectivity index (χ0) is 14.7. The Kier molecular flexibility index (Phi) is 4.88. The molecule has 1 heterocycles. The van der Waals surface area contributed by atoms with Crippen LogP contribution in [0.2, 0.25) is 0 Å². The SMILES string of the molecule is CCOc1c(Br)cc(CN2CC(C(=O)O)C2)cc1OC. The van der Waals surface area contributed by atoms with Crippen molar-refractivity contribution in [3.8, 4) is 11.5 Å². The molecule has 0 spiro atoms. The van der Waals surface area contributed by atoms with Gasteiger partial charge in [0, 0.05) is 19.6 Å². The Hall–Kier alpha value is -1.27. The molecule has 0 aliphatic carbocycles. The van der Waals surface area contributed by atoms with Crippen molar-refractivity contribution < 1.29 is 19.4 Å². The number of likely N-dealkylation sites (tertiary alicyclic amines) is 1. The van der Waals surface area contributed by atoms with Gasteiger partial charge in [0.1, 0.15) is 0 Å². The van der Waals surface area contributed by atoms with Gasteiger partial charge >= 0.3 is 5.97 Å². The zero-order valence-electron chi connectivity index (χ0n) is 11.6. The van der Waals surface area contributed by atoms with Crippen molar-refractivity contribution in [3.63, 3.8) is 0 Å². The van der Waals surface area contributed by atoms with Gasteiger partial charge in [-0.1, -0.05) is 0 Å². The number of hydrogen-bond donors (Lipinski definition) is 1. The number of nitrogens with zero attached hydrogens (tertiary/aromatic N) is 1. The van der Waals surface area contributed by atoms with E-state index in [2.05, 4.69) is 20.8 Å². The van der Waals surface area contributed by atoms with Crippen molar-refractivity contribution in [2.75, 3.05) is 26.8 Å². The summed E-state index contributed by atoms with van der Waals surface area (Å²) in [7, 11) is 1.61. The number of carbonyl (C=O) groups is 1. The number of methoxy groups -OCH3 is 1. The normalized spacial score (nSPS) is 15.8. The van der Waals surface area contributed by atoms with E-state index in [0.717, 1.165) is 10.0 Å². The predicted molar refractivity (Wildman–Crippen MR) is 78.3 cm³/mol. The topological polar surface area (TPSA) is 59.0 Å². The molecule has 1 fully saturated rings. The van der Waals surface area contributed by atoms with Crippen molar-refractivity contribution in [2.24, 2.45) is 5.92 Å². The molecule has 1 aliphatic heterocycles. The molecular weight excluding hydrogens is 326 g/mol. The summed E-state index contributed by atoms with van der Waals surface area (Å²) < 4.78 is 11.7. The van der Waals surface area contributed by atoms with Crippen molar-refractivity contribution >= 4 is 21.9 Å². The van der Waals surface area contributed by atoms with Crippen LogP contribution in [0.5, 0.6) is 11.5 Å². The molecule has 5 nitrogen and oxygen atoms in total. The second-order valence-corrected chi connectivity index (χ2v) is 5.63. The molecule has 110 valence electrons. The van der Waals surface area contributed by atoms with Crippen molar-refractivity contribution in [2.45, 2.75) is 13.5 Å². The number of ether oxygens (including phenoxy) is 2. The Bertz CT molecular complexity index is 500. The van der Waals surface area contributed by atoms with Gasteiger partial charge in [-0.15, -0.1) is 0 Å². The Labute approximate surface area is 126 Å². The highest BCUT2D eigenvalue weighted by Crippen LogP contribution is 2.37. The van der Waals surface area contributed by atoms with Crippen LogP contribution in [-0.4, -0.2) is 42.8 Å². The maximum absolute atomic E-state index is 10.8. The minimum atomic E-state index is -0.716. The van der Waals surface area contributed by atoms with E-state index in [1.165, 1.54) is 0 Å². The highest BCUT2D eigenvalue weighted by molar-refractivity contribution is 9.10. The Morgan fingerprint density at radius 1 is 1.50 bits per heavy atom. The number of aliphatic carboxylic acids is 1. The lowest BCUT2D eigenvalue weighted by Gasteiger charge is -2.36. The largest absolute Gasteiger partial charge is 0.493 e. The summed E-state index contributed by atoms with van der Waals surface area (Å²) in [6.07, 6.45) is 0. The van der Waals surface area contributed by atoms with Crippen LogP contribution in [0.3, 0.4) is 0 Å². The first-order chi connectivity index (χ1) is 9.55. The van der Waals surface area contributed by atoms with Gasteiger partial charge in [0.15, 0.2) is 11.5 Å². The van der Waals surface area contributed by atoms with Gasteiger partial charge < -0.3 is 14.6 Å². The number of carboxylic acids is 1. The monoisotopic (exact) mass is 343 g/mol. The summed E-state index contributed by atoms with van der Waals surface area (Å²) in [4.78, 5) is 12.9. The first-order valence-electron chi connectivity index (χ1n) is 6.49. The van der Waals surface area contributed by atoms with Crippen LogP contribution in [0, 0.1) is 5.92 Å². The van der Waals surface area contributed by atoms with Gasteiger partial charge in [-0.25, -0.2) is 0 Å². The molecule has 6 heteroatoms. The van der Waals surface area contributed by atoms with E-state index < -0.39 is 5.97 Å². The highest BCUT2D eigenvalue weighted by atomic mass is 79.9. The second kappa shape index (κ2) is 6.45. The van der Waals surface area contributed by atoms with E-state index in [-0.39, 0.29) is 5.92 Å². The van der Waals surface area contributed by atoms with Crippen LogP contribution in [0.25, 0.3) is 0 Å². The molecule has 1 saturated heterocycles. The summed E-state index contributed by atoms with van der Waals surface area (Å²) in [6, 6.07) is 3.92. The molecule has 0 unspecified atom stereocenters. The van der Waals surface area contributed by atoms with Crippen molar-refractivity contribution in [3.05, 3.63) is 22.2 Å². The third kappa shape index (κ3) is 3.24. The average Bonchev–Trinajstić information content (AvgIpc) is 2.35. The number of hydrogen-bond acceptors (Lipinski definition) is 4. The molecule has 20 heavy (non-hydrogen) atoms. The van der Waals surface area contributed by atoms with Crippen LogP contribution in [0.4, 0.5) is 0 Å². The second-order valence-electron chi connectivity index (χ2n) is 4.77. The van der Waals surface area contributed by atoms with Gasteiger partial charge in [-0.05, 0) is 40.5 Å². The van der Waals surface area contributed by atoms with E-state index in [1.807, 2.05) is 19.1 Å². The van der Waals surface area contributed by atoms with Gasteiger partial charge in [-0.2, -0.15) is 0 Å². The van der Waals surface area contributed by atoms with E-state index in [0.29, 0.717) is 37.7 Å². The van der Waals surface area contributed by atoms with Crippen LogP contribution >= 0.6 is 15.9 Å². The van der Waals surface area contributed by atoms with Gasteiger partial charge in [-0.3, -0.25) is 9.69 Å². The maximum atomic E-state index is 10.8. The molecular formula is C14H18BrNO4. The first kappa shape index (κ1) is 15.1. The number of benzene rings is 1. The molecule has 1 aliphatic rings. The summed E-state index contributed by atoms with van der Waals surface area (Å²) in [5, 5.41) is 8.87. The molecule has 0 amide bonds. The highest BCUT2D eigenvalue weighted by Gasteiger charge is 2.32. The van der Waals surface area contributed by atoms with Crippen LogP contribution in [0.1, 0.15) is 12.5 Å². The lowest BCUT2D eigenvalue weighted by Crippen LogP contribution is -2.49. The minimum Gasteiger partial charge on any atom is -0.493 e. The fraction of sp³-hybridized carbons (Fsp3) is 0.500. The first-order valence-corrected chi connectivity index (χ1v) is 7.28. The van der Waals surface area contributed by atoms with E-state index in [4.69, 9.17) is 14.6 Å². The third-order valence-electron chi connectivity index (χ3n) is 3.29. The number of halogens is 1. The molecule has 0 atom stereocenters. The minimum absolute atomic E-state index is 0.233. The average molecular weight is 344 g/mol. The van der Waals surface area contributed by atoms with E-state index >= 15 is 0 Å². The molecule has 1 N–H and O–H groups in total. The lowest BCUT2D eigenvalue weighted by atomic mass is 9.99. The molecule has 0 saturated carbocycles. The van der Waals surface area contributed by atoms with Crippen molar-refractivity contribution in [1.82, 2.24) is 4.90 Å². The summed E-state index contributed by atoms with van der Waals surface area (Å²) in [5.74, 6) is 0.437. The quantitative estimate of drug-likeness (QED) is 0.859. The van der Waals surface area contributed by atoms with E-state index in [1.54, 1.807) is 7.11 Å². The van der Waals surface area contributed by atoms with Crippen LogP contribution < -0.4 is 9.47 Å². The molecule has 0 bridgehead atoms. The van der Waals surface area contributed by atoms with Crippen molar-refractivity contribution in [1.29, 1.82) is 0 Å². The van der Waals surface area contributed by atoms with Gasteiger partial charge in [0.25, 0.3) is 0 Å². The zero-order valence-corrected chi connectivity index (χ0v) is 13.1. The Morgan fingerprint density at radius 3 is 2.75 bits per heavy atom. The number of rotatable bonds is 6. The fourth-order valence-electron chi connectivity index (χ4n) is 2.26. The van der Waals surface area contributed by atoms with Crippen LogP contribution in [0.15, 0.2) is 16.6 Å². The Balaban J connectivity index is 2.06. The standard InChI is InChI=1S/C14H18BrNO4/c1-3-20-13-11(15)4-9(5-12(13)19-2)6-16-7-10(8-16)14(17)18/h4-5,10H,3,6-8H2,1-2H3,(H,17,18). The molecule has 1 aromatic carbocycles. The molecule has 2 rings (SSSR count). The van der Waals surface area contributed by atoms with Crippen LogP contribution in [-0.2, 0) is 11.3 Å². The van der Waals surface area contributed by atoms with E-state index in [9.17, 15) is 4.79 Å².